The van der Waals surface area contributed by atoms with E-state index in [0.29, 0.717) is 11.2 Å². The van der Waals surface area contributed by atoms with Gasteiger partial charge in [0.15, 0.2) is 4.34 Å². The van der Waals surface area contributed by atoms with Crippen molar-refractivity contribution in [1.82, 2.24) is 15.2 Å². The monoisotopic (exact) mass is 416 g/mol. The molecule has 0 N–H and O–H groups in total. The first-order valence-corrected chi connectivity index (χ1v) is 11.6. The normalized spacial score (nSPS) is 13.7. The van der Waals surface area contributed by atoms with Gasteiger partial charge in [0.1, 0.15) is 5.01 Å². The number of thioether (sulfide) groups is 1. The number of amides is 1. The number of hydrogen-bond acceptors (Lipinski definition) is 7. The number of rotatable bonds is 7. The van der Waals surface area contributed by atoms with Gasteiger partial charge in [0.05, 0.1) is 5.69 Å². The van der Waals surface area contributed by atoms with E-state index >= 15 is 0 Å². The molecule has 2 aromatic heterocycles. The van der Waals surface area contributed by atoms with Crippen LogP contribution < -0.4 is 4.90 Å². The smallest absolute Gasteiger partial charge is 0.225 e. The first kappa shape index (κ1) is 18.6. The highest BCUT2D eigenvalue weighted by Gasteiger charge is 2.34. The largest absolute Gasteiger partial charge is 0.284 e. The van der Waals surface area contributed by atoms with E-state index in [-0.39, 0.29) is 5.91 Å². The molecule has 0 atom stereocenters. The van der Waals surface area contributed by atoms with Crippen LogP contribution in [0.5, 0.6) is 0 Å². The van der Waals surface area contributed by atoms with Crippen molar-refractivity contribution in [3.63, 3.8) is 0 Å². The average Bonchev–Trinajstić information content (AvgIpc) is 3.19. The van der Waals surface area contributed by atoms with Crippen LogP contribution in [0.25, 0.3) is 10.6 Å². The van der Waals surface area contributed by atoms with Crippen molar-refractivity contribution in [3.8, 4) is 10.6 Å². The fraction of sp³-hybridized carbons (Fsp3) is 0.368. The number of nitrogens with zero attached hydrogens (tertiary/aromatic N) is 4. The van der Waals surface area contributed by atoms with Gasteiger partial charge >= 0.3 is 0 Å². The number of thiazole rings is 1. The molecule has 0 saturated heterocycles. The van der Waals surface area contributed by atoms with Crippen LogP contribution in [0.3, 0.4) is 0 Å². The second-order valence-electron chi connectivity index (χ2n) is 6.45. The van der Waals surface area contributed by atoms with E-state index in [4.69, 9.17) is 4.98 Å². The predicted molar refractivity (Wildman–Crippen MR) is 113 cm³/mol. The van der Waals surface area contributed by atoms with Gasteiger partial charge in [-0.2, -0.15) is 0 Å². The second kappa shape index (κ2) is 8.08. The molecule has 1 aliphatic rings. The highest BCUT2D eigenvalue weighted by molar-refractivity contribution is 8.00. The molecule has 0 unspecified atom stereocenters. The van der Waals surface area contributed by atoms with Crippen molar-refractivity contribution in [1.29, 1.82) is 0 Å². The Balaban J connectivity index is 1.39. The third kappa shape index (κ3) is 4.39. The van der Waals surface area contributed by atoms with Gasteiger partial charge < -0.3 is 0 Å². The Bertz CT molecular complexity index is 931. The number of carbonyl (C=O) groups excluding carboxylic acids is 1. The minimum absolute atomic E-state index is 0.0448. The number of aromatic nitrogens is 3. The molecule has 1 amide bonds. The molecule has 140 valence electrons. The summed E-state index contributed by atoms with van der Waals surface area (Å²) < 4.78 is 0.874. The van der Waals surface area contributed by atoms with Crippen LogP contribution in [0.15, 0.2) is 34.0 Å². The van der Waals surface area contributed by atoms with Gasteiger partial charge in [0.2, 0.25) is 11.0 Å². The van der Waals surface area contributed by atoms with Crippen LogP contribution in [0.2, 0.25) is 0 Å². The van der Waals surface area contributed by atoms with Crippen molar-refractivity contribution in [2.75, 3.05) is 4.90 Å². The van der Waals surface area contributed by atoms with Crippen molar-refractivity contribution in [3.05, 3.63) is 40.9 Å². The first-order valence-electron chi connectivity index (χ1n) is 8.94. The van der Waals surface area contributed by atoms with Crippen LogP contribution in [-0.2, 0) is 17.0 Å². The number of benzene rings is 1. The lowest BCUT2D eigenvalue weighted by molar-refractivity contribution is -0.116. The average molecular weight is 417 g/mol. The first-order chi connectivity index (χ1) is 13.1. The molecule has 0 aliphatic heterocycles. The van der Waals surface area contributed by atoms with Crippen molar-refractivity contribution < 1.29 is 4.79 Å². The van der Waals surface area contributed by atoms with Gasteiger partial charge in [0.25, 0.3) is 0 Å². The fourth-order valence-electron chi connectivity index (χ4n) is 2.76. The molecule has 8 heteroatoms. The zero-order valence-corrected chi connectivity index (χ0v) is 17.7. The third-order valence-corrected chi connectivity index (χ3v) is 7.39. The van der Waals surface area contributed by atoms with Crippen molar-refractivity contribution in [2.24, 2.45) is 0 Å². The topological polar surface area (TPSA) is 59.0 Å². The Morgan fingerprint density at radius 2 is 2.04 bits per heavy atom. The van der Waals surface area contributed by atoms with Gasteiger partial charge in [-0.05, 0) is 24.8 Å². The van der Waals surface area contributed by atoms with Crippen LogP contribution in [-0.4, -0.2) is 27.1 Å². The van der Waals surface area contributed by atoms with E-state index < -0.39 is 0 Å². The summed E-state index contributed by atoms with van der Waals surface area (Å²) in [5.74, 6) is 0.797. The van der Waals surface area contributed by atoms with Crippen LogP contribution >= 0.6 is 34.4 Å². The maximum Gasteiger partial charge on any atom is 0.225 e. The third-order valence-electron chi connectivity index (χ3n) is 4.36. The zero-order chi connectivity index (χ0) is 18.8. The Labute approximate surface area is 170 Å². The Hall–Kier alpha value is -1.77. The second-order valence-corrected chi connectivity index (χ2v) is 9.49. The van der Waals surface area contributed by atoms with E-state index in [0.717, 1.165) is 45.6 Å². The standard InChI is InChI=1S/C19H20N4OS3/c1-3-13-4-6-14(7-5-13)17-20-15(10-25-17)11-26-19-22-21-18(27-19)23(12(2)24)16-8-9-16/h4-7,10,16H,3,8-9,11H2,1-2H3. The summed E-state index contributed by atoms with van der Waals surface area (Å²) in [5, 5.41) is 12.3. The molecule has 2 heterocycles. The molecule has 1 saturated carbocycles. The highest BCUT2D eigenvalue weighted by Crippen LogP contribution is 2.36. The molecule has 3 aromatic rings. The van der Waals surface area contributed by atoms with Gasteiger partial charge in [-0.25, -0.2) is 4.98 Å². The Morgan fingerprint density at radius 1 is 1.26 bits per heavy atom. The lowest BCUT2D eigenvalue weighted by Gasteiger charge is -2.15. The molecule has 27 heavy (non-hydrogen) atoms. The van der Waals surface area contributed by atoms with Crippen molar-refractivity contribution >= 4 is 45.5 Å². The molecule has 4 rings (SSSR count). The minimum atomic E-state index is 0.0448. The van der Waals surface area contributed by atoms with E-state index in [9.17, 15) is 4.79 Å². The summed E-state index contributed by atoms with van der Waals surface area (Å²) in [4.78, 5) is 18.4. The molecule has 0 bridgehead atoms. The lowest BCUT2D eigenvalue weighted by atomic mass is 10.1. The lowest BCUT2D eigenvalue weighted by Crippen LogP contribution is -2.30. The number of aryl methyl sites for hydroxylation is 1. The molecule has 1 fully saturated rings. The van der Waals surface area contributed by atoms with Crippen LogP contribution in [0.1, 0.15) is 37.9 Å². The van der Waals surface area contributed by atoms with E-state index in [1.54, 1.807) is 34.9 Å². The molecule has 1 aliphatic carbocycles. The number of carbonyl (C=O) groups is 1. The predicted octanol–water partition coefficient (Wildman–Crippen LogP) is 5.03. The maximum atomic E-state index is 11.8. The van der Waals surface area contributed by atoms with E-state index in [2.05, 4.69) is 46.8 Å². The fourth-order valence-corrected chi connectivity index (χ4v) is 5.54. The summed E-state index contributed by atoms with van der Waals surface area (Å²) in [6, 6.07) is 8.91. The SMILES string of the molecule is CCc1ccc(-c2nc(CSc3nnc(N(C(C)=O)C4CC4)s3)cs2)cc1. The molecule has 0 spiro atoms. The zero-order valence-electron chi connectivity index (χ0n) is 15.2. The van der Waals surface area contributed by atoms with Gasteiger partial charge in [-0.15, -0.1) is 21.5 Å². The van der Waals surface area contributed by atoms with Gasteiger partial charge in [-0.1, -0.05) is 54.3 Å². The number of anilines is 1. The Kier molecular flexibility index (Phi) is 5.56. The van der Waals surface area contributed by atoms with Crippen molar-refractivity contribution in [2.45, 2.75) is 49.2 Å². The van der Waals surface area contributed by atoms with E-state index in [1.807, 2.05) is 0 Å². The molecule has 5 nitrogen and oxygen atoms in total. The summed E-state index contributed by atoms with van der Waals surface area (Å²) in [6.45, 7) is 3.75. The van der Waals surface area contributed by atoms with Crippen LogP contribution in [0.4, 0.5) is 5.13 Å². The molecule has 0 radical (unpaired) electrons. The quantitative estimate of drug-likeness (QED) is 0.399. The van der Waals surface area contributed by atoms with Crippen LogP contribution in [0, 0.1) is 0 Å². The molecule has 1 aromatic carbocycles. The Morgan fingerprint density at radius 3 is 2.70 bits per heavy atom. The molecular weight excluding hydrogens is 396 g/mol. The van der Waals surface area contributed by atoms with Gasteiger partial charge in [0, 0.05) is 29.7 Å². The maximum absolute atomic E-state index is 11.8. The van der Waals surface area contributed by atoms with Gasteiger partial charge in [-0.3, -0.25) is 9.69 Å². The molecular formula is C19H20N4OS3. The summed E-state index contributed by atoms with van der Waals surface area (Å²) in [6.07, 6.45) is 3.16. The minimum Gasteiger partial charge on any atom is -0.284 e. The summed E-state index contributed by atoms with van der Waals surface area (Å²) >= 11 is 4.77. The van der Waals surface area contributed by atoms with E-state index in [1.165, 1.54) is 16.9 Å². The summed E-state index contributed by atoms with van der Waals surface area (Å²) in [7, 11) is 0. The highest BCUT2D eigenvalue weighted by atomic mass is 32.2. The summed E-state index contributed by atoms with van der Waals surface area (Å²) in [5.41, 5.74) is 3.54. The number of hydrogen-bond donors (Lipinski definition) is 0.